The highest BCUT2D eigenvalue weighted by molar-refractivity contribution is 5.83. The highest BCUT2D eigenvalue weighted by Gasteiger charge is 2.45. The molecule has 0 heterocycles. The molecule has 4 heteroatoms. The SMILES string of the molecule is CCC1=C(NC)C=CC(NC)(C(=O)O)C1CC. The Kier molecular flexibility index (Phi) is 4.34. The van der Waals surface area contributed by atoms with Gasteiger partial charge in [0.2, 0.25) is 0 Å². The molecule has 0 aromatic rings. The molecule has 0 aromatic carbocycles. The van der Waals surface area contributed by atoms with Crippen molar-refractivity contribution in [2.24, 2.45) is 5.92 Å². The van der Waals surface area contributed by atoms with Crippen molar-refractivity contribution in [2.45, 2.75) is 32.2 Å². The lowest BCUT2D eigenvalue weighted by atomic mass is 9.72. The highest BCUT2D eigenvalue weighted by atomic mass is 16.4. The Morgan fingerprint density at radius 3 is 2.47 bits per heavy atom. The molecule has 2 unspecified atom stereocenters. The Labute approximate surface area is 103 Å². The van der Waals surface area contributed by atoms with E-state index >= 15 is 0 Å². The van der Waals surface area contributed by atoms with Crippen LogP contribution in [0, 0.1) is 5.92 Å². The van der Waals surface area contributed by atoms with E-state index in [2.05, 4.69) is 17.6 Å². The average molecular weight is 238 g/mol. The summed E-state index contributed by atoms with van der Waals surface area (Å²) in [6.07, 6.45) is 5.28. The summed E-state index contributed by atoms with van der Waals surface area (Å²) in [7, 11) is 3.58. The van der Waals surface area contributed by atoms with E-state index in [0.29, 0.717) is 0 Å². The van der Waals surface area contributed by atoms with Crippen molar-refractivity contribution in [3.05, 3.63) is 23.4 Å². The van der Waals surface area contributed by atoms with E-state index in [-0.39, 0.29) is 5.92 Å². The van der Waals surface area contributed by atoms with Gasteiger partial charge in [-0.15, -0.1) is 0 Å². The standard InChI is InChI=1S/C13H22N2O2/c1-5-9-10(6-2)13(15-4,12(16)17)8-7-11(9)14-3/h7-8,10,14-15H,5-6H2,1-4H3,(H,16,17). The molecule has 0 amide bonds. The van der Waals surface area contributed by atoms with Gasteiger partial charge in [-0.05, 0) is 31.5 Å². The summed E-state index contributed by atoms with van der Waals surface area (Å²) in [4.78, 5) is 11.6. The van der Waals surface area contributed by atoms with Gasteiger partial charge < -0.3 is 15.7 Å². The van der Waals surface area contributed by atoms with Gasteiger partial charge in [-0.2, -0.15) is 0 Å². The predicted octanol–water partition coefficient (Wildman–Crippen LogP) is 1.51. The Bertz CT molecular complexity index is 360. The monoisotopic (exact) mass is 238 g/mol. The number of allylic oxidation sites excluding steroid dienone is 1. The summed E-state index contributed by atoms with van der Waals surface area (Å²) in [5.41, 5.74) is 1.25. The Balaban J connectivity index is 3.29. The van der Waals surface area contributed by atoms with Crippen LogP contribution in [0.3, 0.4) is 0 Å². The first-order valence-electron chi connectivity index (χ1n) is 6.09. The zero-order chi connectivity index (χ0) is 13.1. The fraction of sp³-hybridized carbons (Fsp3) is 0.615. The van der Waals surface area contributed by atoms with Crippen molar-refractivity contribution in [1.82, 2.24) is 10.6 Å². The van der Waals surface area contributed by atoms with Crippen molar-refractivity contribution >= 4 is 5.97 Å². The second kappa shape index (κ2) is 5.36. The number of nitrogens with one attached hydrogen (secondary N) is 2. The maximum atomic E-state index is 11.6. The van der Waals surface area contributed by atoms with E-state index in [1.807, 2.05) is 20.0 Å². The Morgan fingerprint density at radius 1 is 1.47 bits per heavy atom. The smallest absolute Gasteiger partial charge is 0.328 e. The van der Waals surface area contributed by atoms with E-state index < -0.39 is 11.5 Å². The third kappa shape index (κ3) is 2.09. The van der Waals surface area contributed by atoms with E-state index in [0.717, 1.165) is 18.5 Å². The number of hydrogen-bond acceptors (Lipinski definition) is 3. The molecule has 3 N–H and O–H groups in total. The summed E-state index contributed by atoms with van der Waals surface area (Å²) < 4.78 is 0. The molecule has 0 aromatic heterocycles. The van der Waals surface area contributed by atoms with Crippen molar-refractivity contribution < 1.29 is 9.90 Å². The minimum Gasteiger partial charge on any atom is -0.480 e. The summed E-state index contributed by atoms with van der Waals surface area (Å²) in [6, 6.07) is 0. The quantitative estimate of drug-likeness (QED) is 0.679. The molecule has 0 radical (unpaired) electrons. The van der Waals surface area contributed by atoms with E-state index in [1.165, 1.54) is 5.57 Å². The second-order valence-electron chi connectivity index (χ2n) is 4.26. The number of carboxylic acids is 1. The van der Waals surface area contributed by atoms with Crippen LogP contribution in [0.25, 0.3) is 0 Å². The van der Waals surface area contributed by atoms with Gasteiger partial charge >= 0.3 is 5.97 Å². The first-order valence-corrected chi connectivity index (χ1v) is 6.09. The summed E-state index contributed by atoms with van der Waals surface area (Å²) in [6.45, 7) is 4.10. The van der Waals surface area contributed by atoms with Crippen LogP contribution >= 0.6 is 0 Å². The molecule has 2 atom stereocenters. The molecule has 1 aliphatic rings. The minimum atomic E-state index is -0.972. The predicted molar refractivity (Wildman–Crippen MR) is 68.7 cm³/mol. The summed E-state index contributed by atoms with van der Waals surface area (Å²) >= 11 is 0. The zero-order valence-electron chi connectivity index (χ0n) is 11.0. The maximum Gasteiger partial charge on any atom is 0.328 e. The molecule has 0 saturated carbocycles. The molecule has 1 aliphatic carbocycles. The molecule has 0 fully saturated rings. The van der Waals surface area contributed by atoms with Crippen molar-refractivity contribution in [2.75, 3.05) is 14.1 Å². The highest BCUT2D eigenvalue weighted by Crippen LogP contribution is 2.36. The summed E-state index contributed by atoms with van der Waals surface area (Å²) in [5, 5.41) is 15.6. The number of hydrogen-bond donors (Lipinski definition) is 3. The van der Waals surface area contributed by atoms with Gasteiger partial charge in [0, 0.05) is 18.7 Å². The number of aliphatic carboxylic acids is 1. The minimum absolute atomic E-state index is 0.0116. The van der Waals surface area contributed by atoms with Gasteiger partial charge in [0.15, 0.2) is 0 Å². The molecule has 4 nitrogen and oxygen atoms in total. The van der Waals surface area contributed by atoms with E-state index in [1.54, 1.807) is 13.1 Å². The first kappa shape index (κ1) is 13.8. The van der Waals surface area contributed by atoms with Gasteiger partial charge in [0.05, 0.1) is 0 Å². The molecular formula is C13H22N2O2. The van der Waals surface area contributed by atoms with Crippen molar-refractivity contribution in [3.63, 3.8) is 0 Å². The maximum absolute atomic E-state index is 11.6. The number of carbonyl (C=O) groups is 1. The molecule has 96 valence electrons. The van der Waals surface area contributed by atoms with Gasteiger partial charge in [-0.25, -0.2) is 4.79 Å². The average Bonchev–Trinajstić information content (AvgIpc) is 2.35. The van der Waals surface area contributed by atoms with Crippen LogP contribution in [0.1, 0.15) is 26.7 Å². The van der Waals surface area contributed by atoms with Crippen LogP contribution in [-0.2, 0) is 4.79 Å². The molecule has 0 spiro atoms. The fourth-order valence-corrected chi connectivity index (χ4v) is 2.73. The molecule has 0 saturated heterocycles. The topological polar surface area (TPSA) is 61.4 Å². The van der Waals surface area contributed by atoms with Crippen LogP contribution in [0.2, 0.25) is 0 Å². The Hall–Kier alpha value is -1.29. The van der Waals surface area contributed by atoms with Crippen molar-refractivity contribution in [3.8, 4) is 0 Å². The van der Waals surface area contributed by atoms with Crippen LogP contribution < -0.4 is 10.6 Å². The lowest BCUT2D eigenvalue weighted by molar-refractivity contribution is -0.144. The molecule has 0 aliphatic heterocycles. The van der Waals surface area contributed by atoms with Crippen LogP contribution in [0.5, 0.6) is 0 Å². The number of rotatable bonds is 5. The lowest BCUT2D eigenvalue weighted by Gasteiger charge is -2.39. The summed E-state index contributed by atoms with van der Waals surface area (Å²) in [5.74, 6) is -0.827. The largest absolute Gasteiger partial charge is 0.480 e. The molecule has 0 bridgehead atoms. The van der Waals surface area contributed by atoms with Gasteiger partial charge in [0.25, 0.3) is 0 Å². The molecule has 17 heavy (non-hydrogen) atoms. The second-order valence-corrected chi connectivity index (χ2v) is 4.26. The van der Waals surface area contributed by atoms with Gasteiger partial charge in [-0.1, -0.05) is 19.9 Å². The van der Waals surface area contributed by atoms with E-state index in [9.17, 15) is 9.90 Å². The molecular weight excluding hydrogens is 216 g/mol. The number of carboxylic acid groups (broad SMARTS) is 1. The number of likely N-dealkylation sites (N-methyl/N-ethyl adjacent to an activating group) is 2. The van der Waals surface area contributed by atoms with Crippen molar-refractivity contribution in [1.29, 1.82) is 0 Å². The third-order valence-electron chi connectivity index (χ3n) is 3.66. The zero-order valence-corrected chi connectivity index (χ0v) is 11.0. The van der Waals surface area contributed by atoms with Crippen LogP contribution in [-0.4, -0.2) is 30.7 Å². The van der Waals surface area contributed by atoms with Crippen LogP contribution in [0.15, 0.2) is 23.4 Å². The first-order chi connectivity index (χ1) is 8.07. The Morgan fingerprint density at radius 2 is 2.12 bits per heavy atom. The van der Waals surface area contributed by atoms with Crippen LogP contribution in [0.4, 0.5) is 0 Å². The molecule has 1 rings (SSSR count). The lowest BCUT2D eigenvalue weighted by Crippen LogP contribution is -2.56. The van der Waals surface area contributed by atoms with E-state index in [4.69, 9.17) is 0 Å². The van der Waals surface area contributed by atoms with Gasteiger partial charge in [0.1, 0.15) is 5.54 Å². The normalized spacial score (nSPS) is 28.4. The van der Waals surface area contributed by atoms with Gasteiger partial charge in [-0.3, -0.25) is 0 Å². The fourth-order valence-electron chi connectivity index (χ4n) is 2.73. The third-order valence-corrected chi connectivity index (χ3v) is 3.66.